The molecule has 2 amide bonds. The third-order valence-corrected chi connectivity index (χ3v) is 4.62. The van der Waals surface area contributed by atoms with E-state index in [1.807, 2.05) is 6.92 Å². The molecular weight excluding hydrogens is 384 g/mol. The van der Waals surface area contributed by atoms with E-state index >= 15 is 0 Å². The van der Waals surface area contributed by atoms with Gasteiger partial charge in [-0.3, -0.25) is 14.9 Å². The van der Waals surface area contributed by atoms with Crippen molar-refractivity contribution < 1.29 is 23.5 Å². The van der Waals surface area contributed by atoms with Crippen molar-refractivity contribution >= 4 is 23.9 Å². The monoisotopic (exact) mass is 404 g/mol. The van der Waals surface area contributed by atoms with Crippen LogP contribution in [0.15, 0.2) is 57.5 Å². The number of rotatable bonds is 6. The van der Waals surface area contributed by atoms with Crippen LogP contribution in [0, 0.1) is 11.3 Å². The maximum atomic E-state index is 12.2. The van der Waals surface area contributed by atoms with Gasteiger partial charge in [-0.15, -0.1) is 0 Å². The number of benzene rings is 1. The van der Waals surface area contributed by atoms with Crippen LogP contribution in [0.4, 0.5) is 0 Å². The van der Waals surface area contributed by atoms with Crippen molar-refractivity contribution in [3.63, 3.8) is 0 Å². The van der Waals surface area contributed by atoms with E-state index in [9.17, 15) is 14.4 Å². The van der Waals surface area contributed by atoms with E-state index in [1.54, 1.807) is 49.4 Å². The molecule has 0 bridgehead atoms. The summed E-state index contributed by atoms with van der Waals surface area (Å²) in [5.74, 6) is -0.824. The van der Waals surface area contributed by atoms with Crippen molar-refractivity contribution in [2.24, 2.45) is 0 Å². The number of hydrogen-bond donors (Lipinski definition) is 1. The maximum absolute atomic E-state index is 12.2. The zero-order chi connectivity index (χ0) is 21.7. The number of nitriles is 1. The summed E-state index contributed by atoms with van der Waals surface area (Å²) in [5, 5.41) is 11.3. The summed E-state index contributed by atoms with van der Waals surface area (Å²) in [6.07, 6.45) is 3.22. The highest BCUT2D eigenvalue weighted by molar-refractivity contribution is 6.19. The summed E-state index contributed by atoms with van der Waals surface area (Å²) in [6, 6.07) is 12.1. The molecule has 152 valence electrons. The molecule has 1 aliphatic heterocycles. The molecule has 2 heterocycles. The summed E-state index contributed by atoms with van der Waals surface area (Å²) in [6.45, 7) is 3.93. The number of nitrogens with zero attached hydrogens (tertiary/aromatic N) is 1. The number of carbonyl (C=O) groups excluding carboxylic acids is 3. The van der Waals surface area contributed by atoms with E-state index in [0.717, 1.165) is 12.8 Å². The first-order chi connectivity index (χ1) is 14.4. The number of carbonyl (C=O) groups is 3. The highest BCUT2D eigenvalue weighted by atomic mass is 16.5. The molecule has 3 rings (SSSR count). The quantitative estimate of drug-likeness (QED) is 0.340. The van der Waals surface area contributed by atoms with E-state index in [0.29, 0.717) is 34.8 Å². The zero-order valence-corrected chi connectivity index (χ0v) is 16.7. The lowest BCUT2D eigenvalue weighted by molar-refractivity contribution is -0.126. The van der Waals surface area contributed by atoms with Crippen LogP contribution < -0.4 is 5.32 Å². The van der Waals surface area contributed by atoms with Gasteiger partial charge in [-0.05, 0) is 49.3 Å². The van der Waals surface area contributed by atoms with Crippen LogP contribution in [0.1, 0.15) is 42.8 Å². The van der Waals surface area contributed by atoms with Crippen LogP contribution in [0.25, 0.3) is 17.4 Å². The first kappa shape index (κ1) is 20.8. The lowest BCUT2D eigenvalue weighted by atomic mass is 9.96. The van der Waals surface area contributed by atoms with Gasteiger partial charge in [0.15, 0.2) is 0 Å². The van der Waals surface area contributed by atoms with Crippen molar-refractivity contribution in [1.29, 1.82) is 5.26 Å². The van der Waals surface area contributed by atoms with E-state index in [-0.39, 0.29) is 11.1 Å². The Hall–Kier alpha value is -3.92. The Morgan fingerprint density at radius 3 is 2.77 bits per heavy atom. The fraction of sp³-hybridized carbons (Fsp3) is 0.217. The molecule has 0 aliphatic carbocycles. The Morgan fingerprint density at radius 2 is 2.03 bits per heavy atom. The highest BCUT2D eigenvalue weighted by Gasteiger charge is 2.27. The van der Waals surface area contributed by atoms with Gasteiger partial charge in [0.05, 0.1) is 12.2 Å². The lowest BCUT2D eigenvalue weighted by Crippen LogP contribution is -2.37. The molecule has 0 saturated carbocycles. The second-order valence-corrected chi connectivity index (χ2v) is 6.73. The van der Waals surface area contributed by atoms with E-state index < -0.39 is 17.8 Å². The fourth-order valence-corrected chi connectivity index (χ4v) is 2.94. The molecule has 0 radical (unpaired) electrons. The molecule has 0 atom stereocenters. The summed E-state index contributed by atoms with van der Waals surface area (Å²) < 4.78 is 11.0. The highest BCUT2D eigenvalue weighted by Crippen LogP contribution is 2.27. The normalized spacial score (nSPS) is 15.2. The van der Waals surface area contributed by atoms with Gasteiger partial charge in [-0.25, -0.2) is 4.79 Å². The minimum absolute atomic E-state index is 0.109. The van der Waals surface area contributed by atoms with Crippen LogP contribution in [0.5, 0.6) is 0 Å². The van der Waals surface area contributed by atoms with Crippen molar-refractivity contribution in [2.75, 3.05) is 6.61 Å². The fourth-order valence-electron chi connectivity index (χ4n) is 2.94. The van der Waals surface area contributed by atoms with Gasteiger partial charge in [0.2, 0.25) is 0 Å². The number of nitrogens with one attached hydrogen (secondary N) is 1. The molecular formula is C23H20N2O5. The molecule has 1 aliphatic rings. The third-order valence-electron chi connectivity index (χ3n) is 4.62. The topological polar surface area (TPSA) is 109 Å². The molecule has 0 unspecified atom stereocenters. The summed E-state index contributed by atoms with van der Waals surface area (Å²) >= 11 is 0. The maximum Gasteiger partial charge on any atom is 0.338 e. The third kappa shape index (κ3) is 4.39. The van der Waals surface area contributed by atoms with Crippen molar-refractivity contribution in [3.8, 4) is 17.4 Å². The minimum atomic E-state index is -0.708. The number of esters is 1. The van der Waals surface area contributed by atoms with Crippen LogP contribution in [-0.4, -0.2) is 24.4 Å². The molecule has 1 aromatic heterocycles. The number of imide groups is 1. The number of furan rings is 1. The summed E-state index contributed by atoms with van der Waals surface area (Å²) in [7, 11) is 0. The van der Waals surface area contributed by atoms with Crippen LogP contribution in [0.3, 0.4) is 0 Å². The van der Waals surface area contributed by atoms with Gasteiger partial charge >= 0.3 is 5.97 Å². The molecule has 1 aromatic carbocycles. The van der Waals surface area contributed by atoms with Gasteiger partial charge in [-0.2, -0.15) is 5.26 Å². The SMILES string of the molecule is CCCCOC(=O)c1cccc(-c2ccc(C=C3C(=O)NC(=O)C(C#N)=C3C)o2)c1. The van der Waals surface area contributed by atoms with Crippen LogP contribution in [-0.2, 0) is 14.3 Å². The standard InChI is InChI=1S/C23H20N2O5/c1-3-4-10-29-23(28)16-7-5-6-15(11-16)20-9-8-17(30-20)12-18-14(2)19(13-24)22(27)25-21(18)26/h5-9,11-12H,3-4,10H2,1-2H3,(H,25,26,27). The Bertz CT molecular complexity index is 1110. The van der Waals surface area contributed by atoms with Crippen molar-refractivity contribution in [3.05, 3.63) is 64.4 Å². The largest absolute Gasteiger partial charge is 0.462 e. The minimum Gasteiger partial charge on any atom is -0.462 e. The Kier molecular flexibility index (Phi) is 6.28. The van der Waals surface area contributed by atoms with Gasteiger partial charge in [0, 0.05) is 11.1 Å². The van der Waals surface area contributed by atoms with Crippen LogP contribution >= 0.6 is 0 Å². The average Bonchev–Trinajstić information content (AvgIpc) is 3.20. The number of unbranched alkanes of at least 4 members (excludes halogenated alkanes) is 1. The van der Waals surface area contributed by atoms with Gasteiger partial charge in [0.1, 0.15) is 23.2 Å². The first-order valence-electron chi connectivity index (χ1n) is 9.50. The number of ether oxygens (including phenoxy) is 1. The summed E-state index contributed by atoms with van der Waals surface area (Å²) in [5.41, 5.74) is 1.46. The number of hydrogen-bond acceptors (Lipinski definition) is 6. The van der Waals surface area contributed by atoms with E-state index in [4.69, 9.17) is 14.4 Å². The molecule has 0 fully saturated rings. The predicted octanol–water partition coefficient (Wildman–Crippen LogP) is 3.78. The molecule has 0 spiro atoms. The summed E-state index contributed by atoms with van der Waals surface area (Å²) in [4.78, 5) is 36.0. The molecule has 1 N–H and O–H groups in total. The number of amides is 2. The van der Waals surface area contributed by atoms with Gasteiger partial charge in [-0.1, -0.05) is 25.5 Å². The Balaban J connectivity index is 1.86. The average molecular weight is 404 g/mol. The molecule has 30 heavy (non-hydrogen) atoms. The second-order valence-electron chi connectivity index (χ2n) is 6.73. The van der Waals surface area contributed by atoms with Gasteiger partial charge < -0.3 is 9.15 Å². The Morgan fingerprint density at radius 1 is 1.23 bits per heavy atom. The Labute approximate surface area is 173 Å². The van der Waals surface area contributed by atoms with E-state index in [2.05, 4.69) is 5.32 Å². The van der Waals surface area contributed by atoms with Crippen LogP contribution in [0.2, 0.25) is 0 Å². The van der Waals surface area contributed by atoms with Crippen molar-refractivity contribution in [2.45, 2.75) is 26.7 Å². The van der Waals surface area contributed by atoms with Gasteiger partial charge in [0.25, 0.3) is 11.8 Å². The molecule has 7 heteroatoms. The molecule has 7 nitrogen and oxygen atoms in total. The second kappa shape index (κ2) is 9.05. The predicted molar refractivity (Wildman–Crippen MR) is 109 cm³/mol. The smallest absolute Gasteiger partial charge is 0.338 e. The van der Waals surface area contributed by atoms with Crippen molar-refractivity contribution in [1.82, 2.24) is 5.32 Å². The molecule has 2 aromatic rings. The molecule has 0 saturated heterocycles. The lowest BCUT2D eigenvalue weighted by Gasteiger charge is -2.15. The zero-order valence-electron chi connectivity index (χ0n) is 16.7. The first-order valence-corrected chi connectivity index (χ1v) is 9.50. The van der Waals surface area contributed by atoms with E-state index in [1.165, 1.54) is 6.08 Å².